The van der Waals surface area contributed by atoms with Crippen LogP contribution in [0.5, 0.6) is 0 Å². The predicted octanol–water partition coefficient (Wildman–Crippen LogP) is 5.50. The number of esters is 1. The minimum atomic E-state index is -0.284. The van der Waals surface area contributed by atoms with E-state index in [0.717, 1.165) is 17.5 Å². The lowest BCUT2D eigenvalue weighted by molar-refractivity contribution is 0.0506. The van der Waals surface area contributed by atoms with Crippen molar-refractivity contribution in [3.05, 3.63) is 84.4 Å². The van der Waals surface area contributed by atoms with Gasteiger partial charge < -0.3 is 4.74 Å². The highest BCUT2D eigenvalue weighted by Gasteiger charge is 2.07. The number of rotatable bonds is 6. The molecule has 0 saturated carbocycles. The molecule has 3 aromatic rings. The zero-order valence-corrected chi connectivity index (χ0v) is 14.8. The standard InChI is InChI=1S/C22H20O2S/c23-22(24-15-4-16-25)21-13-11-20(12-14-21)19-9-7-18(8-10-19)17-5-2-1-3-6-17/h1-3,5-14,25H,4,15-16H2. The highest BCUT2D eigenvalue weighted by Crippen LogP contribution is 2.25. The average molecular weight is 348 g/mol. The average Bonchev–Trinajstić information content (AvgIpc) is 2.69. The molecule has 0 aliphatic rings. The molecule has 0 aliphatic carbocycles. The Kier molecular flexibility index (Phi) is 5.91. The molecular formula is C22H20O2S. The molecule has 3 aromatic carbocycles. The number of benzene rings is 3. The second-order valence-corrected chi connectivity index (χ2v) is 6.18. The highest BCUT2D eigenvalue weighted by molar-refractivity contribution is 7.80. The first kappa shape index (κ1) is 17.3. The molecule has 0 N–H and O–H groups in total. The summed E-state index contributed by atoms with van der Waals surface area (Å²) in [5, 5.41) is 0. The Morgan fingerprint density at radius 2 is 1.20 bits per heavy atom. The van der Waals surface area contributed by atoms with Gasteiger partial charge in [0.25, 0.3) is 0 Å². The number of hydrogen-bond acceptors (Lipinski definition) is 3. The summed E-state index contributed by atoms with van der Waals surface area (Å²) in [5.74, 6) is 0.429. The molecule has 0 amide bonds. The summed E-state index contributed by atoms with van der Waals surface area (Å²) in [6, 6.07) is 26.2. The smallest absolute Gasteiger partial charge is 0.338 e. The summed E-state index contributed by atoms with van der Waals surface area (Å²) in [6.45, 7) is 0.408. The summed E-state index contributed by atoms with van der Waals surface area (Å²) < 4.78 is 5.19. The fourth-order valence-corrected chi connectivity index (χ4v) is 2.73. The summed E-state index contributed by atoms with van der Waals surface area (Å²) in [7, 11) is 0. The minimum Gasteiger partial charge on any atom is -0.462 e. The number of thiol groups is 1. The molecule has 0 unspecified atom stereocenters. The van der Waals surface area contributed by atoms with E-state index >= 15 is 0 Å². The van der Waals surface area contributed by atoms with E-state index in [2.05, 4.69) is 49.0 Å². The first-order valence-corrected chi connectivity index (χ1v) is 8.95. The van der Waals surface area contributed by atoms with Gasteiger partial charge in [-0.2, -0.15) is 12.6 Å². The molecule has 3 heteroatoms. The lowest BCUT2D eigenvalue weighted by Gasteiger charge is -2.07. The van der Waals surface area contributed by atoms with Crippen LogP contribution in [0.3, 0.4) is 0 Å². The normalized spacial score (nSPS) is 10.4. The van der Waals surface area contributed by atoms with Crippen LogP contribution in [0, 0.1) is 0 Å². The molecule has 0 bridgehead atoms. The quantitative estimate of drug-likeness (QED) is 0.362. The molecule has 0 heterocycles. The lowest BCUT2D eigenvalue weighted by Crippen LogP contribution is -2.06. The van der Waals surface area contributed by atoms with Crippen LogP contribution in [0.25, 0.3) is 22.3 Å². The van der Waals surface area contributed by atoms with Crippen molar-refractivity contribution in [2.75, 3.05) is 12.4 Å². The van der Waals surface area contributed by atoms with Crippen molar-refractivity contribution in [3.63, 3.8) is 0 Å². The maximum Gasteiger partial charge on any atom is 0.338 e. The molecule has 126 valence electrons. The fourth-order valence-electron chi connectivity index (χ4n) is 2.60. The van der Waals surface area contributed by atoms with Crippen LogP contribution in [-0.2, 0) is 4.74 Å². The molecule has 2 nitrogen and oxygen atoms in total. The molecule has 0 fully saturated rings. The third kappa shape index (κ3) is 4.52. The summed E-state index contributed by atoms with van der Waals surface area (Å²) in [4.78, 5) is 11.9. The second-order valence-electron chi connectivity index (χ2n) is 5.73. The first-order chi connectivity index (χ1) is 12.3. The van der Waals surface area contributed by atoms with Crippen molar-refractivity contribution in [1.29, 1.82) is 0 Å². The Hall–Kier alpha value is -2.52. The Labute approximate surface area is 153 Å². The van der Waals surface area contributed by atoms with Crippen molar-refractivity contribution in [2.24, 2.45) is 0 Å². The molecule has 3 rings (SSSR count). The minimum absolute atomic E-state index is 0.284. The Balaban J connectivity index is 1.71. The van der Waals surface area contributed by atoms with Crippen molar-refractivity contribution in [1.82, 2.24) is 0 Å². The monoisotopic (exact) mass is 348 g/mol. The van der Waals surface area contributed by atoms with Gasteiger partial charge in [-0.25, -0.2) is 4.79 Å². The zero-order valence-electron chi connectivity index (χ0n) is 13.9. The van der Waals surface area contributed by atoms with Crippen LogP contribution in [0.4, 0.5) is 0 Å². The summed E-state index contributed by atoms with van der Waals surface area (Å²) in [5.41, 5.74) is 5.16. The molecule has 0 saturated heterocycles. The Bertz CT molecular complexity index is 809. The van der Waals surface area contributed by atoms with E-state index in [4.69, 9.17) is 4.74 Å². The third-order valence-electron chi connectivity index (χ3n) is 3.98. The van der Waals surface area contributed by atoms with Crippen LogP contribution in [0.2, 0.25) is 0 Å². The van der Waals surface area contributed by atoms with E-state index in [1.54, 1.807) is 0 Å². The van der Waals surface area contributed by atoms with Gasteiger partial charge in [0.05, 0.1) is 12.2 Å². The van der Waals surface area contributed by atoms with Crippen molar-refractivity contribution in [3.8, 4) is 22.3 Å². The maximum absolute atomic E-state index is 11.9. The molecule has 0 radical (unpaired) electrons. The van der Waals surface area contributed by atoms with Crippen LogP contribution >= 0.6 is 12.6 Å². The lowest BCUT2D eigenvalue weighted by atomic mass is 10.00. The van der Waals surface area contributed by atoms with Crippen molar-refractivity contribution >= 4 is 18.6 Å². The van der Waals surface area contributed by atoms with E-state index < -0.39 is 0 Å². The molecule has 25 heavy (non-hydrogen) atoms. The molecule has 0 spiro atoms. The van der Waals surface area contributed by atoms with Crippen molar-refractivity contribution < 1.29 is 9.53 Å². The van der Waals surface area contributed by atoms with Gasteiger partial charge in [-0.3, -0.25) is 0 Å². The zero-order chi connectivity index (χ0) is 17.5. The van der Waals surface area contributed by atoms with Crippen LogP contribution < -0.4 is 0 Å². The number of hydrogen-bond donors (Lipinski definition) is 1. The maximum atomic E-state index is 11.9. The van der Waals surface area contributed by atoms with Gasteiger partial charge in [-0.1, -0.05) is 66.7 Å². The van der Waals surface area contributed by atoms with Gasteiger partial charge in [0.1, 0.15) is 0 Å². The molecule has 0 atom stereocenters. The first-order valence-electron chi connectivity index (χ1n) is 8.32. The van der Waals surface area contributed by atoms with Gasteiger partial charge in [0.15, 0.2) is 0 Å². The third-order valence-corrected chi connectivity index (χ3v) is 4.30. The number of ether oxygens (including phenoxy) is 1. The second kappa shape index (κ2) is 8.54. The van der Waals surface area contributed by atoms with E-state index in [-0.39, 0.29) is 5.97 Å². The molecule has 0 aromatic heterocycles. The van der Waals surface area contributed by atoms with E-state index in [1.165, 1.54) is 11.1 Å². The summed E-state index contributed by atoms with van der Waals surface area (Å²) >= 11 is 4.10. The highest BCUT2D eigenvalue weighted by atomic mass is 32.1. The SMILES string of the molecule is O=C(OCCCS)c1ccc(-c2ccc(-c3ccccc3)cc2)cc1. The van der Waals surface area contributed by atoms with Crippen LogP contribution in [-0.4, -0.2) is 18.3 Å². The Morgan fingerprint density at radius 1 is 0.720 bits per heavy atom. The summed E-state index contributed by atoms with van der Waals surface area (Å²) in [6.07, 6.45) is 0.765. The number of carbonyl (C=O) groups is 1. The van der Waals surface area contributed by atoms with Crippen LogP contribution in [0.1, 0.15) is 16.8 Å². The van der Waals surface area contributed by atoms with Gasteiger partial charge in [0.2, 0.25) is 0 Å². The number of carbonyl (C=O) groups excluding carboxylic acids is 1. The van der Waals surface area contributed by atoms with Gasteiger partial charge in [-0.05, 0) is 46.6 Å². The molecule has 0 aliphatic heterocycles. The van der Waals surface area contributed by atoms with Crippen LogP contribution in [0.15, 0.2) is 78.9 Å². The largest absolute Gasteiger partial charge is 0.462 e. The molecular weight excluding hydrogens is 328 g/mol. The van der Waals surface area contributed by atoms with E-state index in [0.29, 0.717) is 17.9 Å². The van der Waals surface area contributed by atoms with E-state index in [9.17, 15) is 4.79 Å². The van der Waals surface area contributed by atoms with Crippen molar-refractivity contribution in [2.45, 2.75) is 6.42 Å². The van der Waals surface area contributed by atoms with Gasteiger partial charge in [-0.15, -0.1) is 0 Å². The Morgan fingerprint density at radius 3 is 1.72 bits per heavy atom. The van der Waals surface area contributed by atoms with E-state index in [1.807, 2.05) is 42.5 Å². The fraction of sp³-hybridized carbons (Fsp3) is 0.136. The predicted molar refractivity (Wildman–Crippen MR) is 106 cm³/mol. The van der Waals surface area contributed by atoms with Gasteiger partial charge >= 0.3 is 5.97 Å². The topological polar surface area (TPSA) is 26.3 Å². The van der Waals surface area contributed by atoms with Gasteiger partial charge in [0, 0.05) is 0 Å².